The van der Waals surface area contributed by atoms with Gasteiger partial charge >= 0.3 is 0 Å². The molecule has 1 fully saturated rings. The fraction of sp³-hybridized carbons (Fsp3) is 0.417. The highest BCUT2D eigenvalue weighted by Gasteiger charge is 2.35. The number of nitrogens with zero attached hydrogens (tertiary/aromatic N) is 1. The van der Waals surface area contributed by atoms with Crippen LogP contribution >= 0.6 is 24.0 Å². The van der Waals surface area contributed by atoms with Gasteiger partial charge < -0.3 is 16.0 Å². The Morgan fingerprint density at radius 2 is 1.63 bits per heavy atom. The summed E-state index contributed by atoms with van der Waals surface area (Å²) in [6, 6.07) is 18.5. The van der Waals surface area contributed by atoms with E-state index in [4.69, 9.17) is 0 Å². The number of aliphatic imine (C=N–C) groups is 1. The molecule has 0 spiro atoms. The number of benzene rings is 2. The van der Waals surface area contributed by atoms with Gasteiger partial charge in [0.25, 0.3) is 5.91 Å². The van der Waals surface area contributed by atoms with E-state index in [0.29, 0.717) is 18.7 Å². The summed E-state index contributed by atoms with van der Waals surface area (Å²) in [5.41, 5.74) is 3.40. The molecule has 2 aromatic rings. The minimum Gasteiger partial charge on any atom is -0.356 e. The molecule has 0 unspecified atom stereocenters. The van der Waals surface area contributed by atoms with Gasteiger partial charge in [-0.15, -0.1) is 24.0 Å². The average Bonchev–Trinajstić information content (AvgIpc) is 3.25. The number of halogens is 1. The molecule has 0 radical (unpaired) electrons. The monoisotopic (exact) mass is 520 g/mol. The Hall–Kier alpha value is -2.09. The minimum atomic E-state index is -0.0349. The summed E-state index contributed by atoms with van der Waals surface area (Å²) in [6.45, 7) is 4.09. The van der Waals surface area contributed by atoms with E-state index < -0.39 is 0 Å². The second-order valence-corrected chi connectivity index (χ2v) is 7.69. The van der Waals surface area contributed by atoms with E-state index in [0.717, 1.165) is 18.1 Å². The van der Waals surface area contributed by atoms with Gasteiger partial charge in [-0.2, -0.15) is 0 Å². The number of nitrogens with one attached hydrogen (secondary N) is 3. The molecule has 0 saturated heterocycles. The van der Waals surface area contributed by atoms with Crippen molar-refractivity contribution in [3.05, 3.63) is 71.3 Å². The molecule has 2 aromatic carbocycles. The van der Waals surface area contributed by atoms with Gasteiger partial charge in [0.15, 0.2) is 5.96 Å². The zero-order chi connectivity index (χ0) is 20.5. The molecular weight excluding hydrogens is 487 g/mol. The molecule has 0 bridgehead atoms. The Bertz CT molecular complexity index is 815. The number of hydrogen-bond acceptors (Lipinski definition) is 2. The van der Waals surface area contributed by atoms with Crippen LogP contribution in [-0.2, 0) is 12.0 Å². The maximum Gasteiger partial charge on any atom is 0.251 e. The second kappa shape index (κ2) is 11.9. The molecule has 1 aliphatic carbocycles. The van der Waals surface area contributed by atoms with Gasteiger partial charge in [0, 0.05) is 37.7 Å². The van der Waals surface area contributed by atoms with Crippen LogP contribution < -0.4 is 16.0 Å². The summed E-state index contributed by atoms with van der Waals surface area (Å²) in [4.78, 5) is 16.3. The third kappa shape index (κ3) is 6.20. The van der Waals surface area contributed by atoms with Gasteiger partial charge in [-0.25, -0.2) is 0 Å². The summed E-state index contributed by atoms with van der Waals surface area (Å²) in [5, 5.41) is 9.75. The van der Waals surface area contributed by atoms with Gasteiger partial charge in [0.05, 0.1) is 0 Å². The quantitative estimate of drug-likeness (QED) is 0.291. The molecule has 5 nitrogen and oxygen atoms in total. The van der Waals surface area contributed by atoms with Crippen molar-refractivity contribution in [1.29, 1.82) is 0 Å². The SMILES string of the molecule is CCNC(=O)c1ccc(CNC(=NC)NCC2(c3ccccc3)CCCC2)cc1.I. The zero-order valence-corrected chi connectivity index (χ0v) is 20.2. The smallest absolute Gasteiger partial charge is 0.251 e. The third-order valence-electron chi connectivity index (χ3n) is 5.78. The molecule has 1 saturated carbocycles. The van der Waals surface area contributed by atoms with E-state index in [-0.39, 0.29) is 35.3 Å². The van der Waals surface area contributed by atoms with Crippen molar-refractivity contribution in [3.63, 3.8) is 0 Å². The zero-order valence-electron chi connectivity index (χ0n) is 17.9. The second-order valence-electron chi connectivity index (χ2n) is 7.69. The summed E-state index contributed by atoms with van der Waals surface area (Å²) in [6.07, 6.45) is 4.98. The van der Waals surface area contributed by atoms with Crippen molar-refractivity contribution in [2.45, 2.75) is 44.6 Å². The van der Waals surface area contributed by atoms with Crippen LogP contribution in [0.15, 0.2) is 59.6 Å². The number of hydrogen-bond donors (Lipinski definition) is 3. The van der Waals surface area contributed by atoms with Gasteiger partial charge in [0.1, 0.15) is 0 Å². The van der Waals surface area contributed by atoms with Gasteiger partial charge in [-0.1, -0.05) is 55.3 Å². The Morgan fingerprint density at radius 3 is 2.23 bits per heavy atom. The average molecular weight is 520 g/mol. The molecule has 6 heteroatoms. The van der Waals surface area contributed by atoms with Crippen molar-refractivity contribution >= 4 is 35.8 Å². The molecule has 3 rings (SSSR count). The summed E-state index contributed by atoms with van der Waals surface area (Å²) in [5.74, 6) is 0.771. The van der Waals surface area contributed by atoms with Gasteiger partial charge in [0.2, 0.25) is 0 Å². The van der Waals surface area contributed by atoms with Crippen LogP contribution in [0.1, 0.15) is 54.1 Å². The lowest BCUT2D eigenvalue weighted by molar-refractivity contribution is 0.0956. The van der Waals surface area contributed by atoms with Crippen molar-refractivity contribution in [2.75, 3.05) is 20.1 Å². The highest BCUT2D eigenvalue weighted by Crippen LogP contribution is 2.40. The highest BCUT2D eigenvalue weighted by atomic mass is 127. The van der Waals surface area contributed by atoms with Gasteiger partial charge in [-0.05, 0) is 43.0 Å². The first kappa shape index (κ1) is 24.2. The predicted octanol–water partition coefficient (Wildman–Crippen LogP) is 4.23. The van der Waals surface area contributed by atoms with Crippen LogP contribution in [0.4, 0.5) is 0 Å². The Balaban J connectivity index is 0.00000320. The van der Waals surface area contributed by atoms with E-state index >= 15 is 0 Å². The van der Waals surface area contributed by atoms with Crippen LogP contribution in [0.2, 0.25) is 0 Å². The van der Waals surface area contributed by atoms with E-state index in [9.17, 15) is 4.79 Å². The Labute approximate surface area is 197 Å². The van der Waals surface area contributed by atoms with E-state index in [1.807, 2.05) is 31.2 Å². The van der Waals surface area contributed by atoms with Crippen LogP contribution in [0.3, 0.4) is 0 Å². The molecule has 0 aliphatic heterocycles. The summed E-state index contributed by atoms with van der Waals surface area (Å²) >= 11 is 0. The predicted molar refractivity (Wildman–Crippen MR) is 135 cm³/mol. The Kier molecular flexibility index (Phi) is 9.62. The summed E-state index contributed by atoms with van der Waals surface area (Å²) in [7, 11) is 1.80. The Morgan fingerprint density at radius 1 is 0.967 bits per heavy atom. The van der Waals surface area contributed by atoms with Gasteiger partial charge in [-0.3, -0.25) is 9.79 Å². The standard InChI is InChI=1S/C24H32N4O.HI/c1-3-26-22(29)20-13-11-19(12-14-20)17-27-23(25-2)28-18-24(15-7-8-16-24)21-9-5-4-6-10-21;/h4-6,9-14H,3,7-8,15-18H2,1-2H3,(H,26,29)(H2,25,27,28);1H. The van der Waals surface area contributed by atoms with Crippen LogP contribution in [-0.4, -0.2) is 32.0 Å². The minimum absolute atomic E-state index is 0. The first-order valence-corrected chi connectivity index (χ1v) is 10.5. The highest BCUT2D eigenvalue weighted by molar-refractivity contribution is 14.0. The van der Waals surface area contributed by atoms with Crippen LogP contribution in [0.25, 0.3) is 0 Å². The third-order valence-corrected chi connectivity index (χ3v) is 5.78. The summed E-state index contributed by atoms with van der Waals surface area (Å²) < 4.78 is 0. The number of amides is 1. The van der Waals surface area contributed by atoms with Crippen molar-refractivity contribution in [1.82, 2.24) is 16.0 Å². The topological polar surface area (TPSA) is 65.5 Å². The van der Waals surface area contributed by atoms with Crippen LogP contribution in [0, 0.1) is 0 Å². The van der Waals surface area contributed by atoms with Crippen molar-refractivity contribution < 1.29 is 4.79 Å². The molecule has 0 atom stereocenters. The molecule has 30 heavy (non-hydrogen) atoms. The molecule has 0 aromatic heterocycles. The number of carbonyl (C=O) groups is 1. The number of rotatable bonds is 7. The van der Waals surface area contributed by atoms with Crippen LogP contribution in [0.5, 0.6) is 0 Å². The van der Waals surface area contributed by atoms with E-state index in [1.165, 1.54) is 31.2 Å². The van der Waals surface area contributed by atoms with E-state index in [1.54, 1.807) is 7.05 Å². The van der Waals surface area contributed by atoms with Crippen molar-refractivity contribution in [2.24, 2.45) is 4.99 Å². The maximum absolute atomic E-state index is 11.9. The fourth-order valence-electron chi connectivity index (χ4n) is 4.11. The molecule has 162 valence electrons. The molecule has 1 aliphatic rings. The molecule has 1 amide bonds. The molecular formula is C24H33IN4O. The lowest BCUT2D eigenvalue weighted by Gasteiger charge is -2.30. The lowest BCUT2D eigenvalue weighted by atomic mass is 9.79. The largest absolute Gasteiger partial charge is 0.356 e. The molecule has 3 N–H and O–H groups in total. The molecule has 0 heterocycles. The lowest BCUT2D eigenvalue weighted by Crippen LogP contribution is -2.44. The number of carbonyl (C=O) groups excluding carboxylic acids is 1. The van der Waals surface area contributed by atoms with E-state index in [2.05, 4.69) is 51.3 Å². The van der Waals surface area contributed by atoms with Crippen molar-refractivity contribution in [3.8, 4) is 0 Å². The first-order chi connectivity index (χ1) is 14.2. The maximum atomic E-state index is 11.9. The number of guanidine groups is 1. The first-order valence-electron chi connectivity index (χ1n) is 10.5. The fourth-order valence-corrected chi connectivity index (χ4v) is 4.11. The normalized spacial score (nSPS) is 15.2.